The molecule has 6 heteroatoms. The third-order valence-corrected chi connectivity index (χ3v) is 4.82. The van der Waals surface area contributed by atoms with E-state index in [2.05, 4.69) is 16.4 Å². The summed E-state index contributed by atoms with van der Waals surface area (Å²) < 4.78 is 25.5. The molecule has 1 aliphatic heterocycles. The molecule has 0 atom stereocenters. The lowest BCUT2D eigenvalue weighted by molar-refractivity contribution is 0.386. The summed E-state index contributed by atoms with van der Waals surface area (Å²) in [6, 6.07) is 0. The molecular formula is C10H16N3O2S. The summed E-state index contributed by atoms with van der Waals surface area (Å²) in [7, 11) is -3.13. The number of hydrogen-bond acceptors (Lipinski definition) is 3. The Balaban J connectivity index is 2.14. The molecule has 16 heavy (non-hydrogen) atoms. The van der Waals surface area contributed by atoms with Crippen LogP contribution in [-0.2, 0) is 23.0 Å². The standard InChI is InChI=1S/C10H16N3O2S/c1-8(2)7-16(14,15)13-4-3-10-9(6-13)5-11-12-10/h8H,3-4,6-7H2,1-2H3,(H,11,12). The van der Waals surface area contributed by atoms with Crippen LogP contribution in [0, 0.1) is 12.1 Å². The topological polar surface area (TPSA) is 66.1 Å². The van der Waals surface area contributed by atoms with Gasteiger partial charge in [-0.05, 0) is 5.92 Å². The fourth-order valence-electron chi connectivity index (χ4n) is 1.89. The molecule has 2 rings (SSSR count). The van der Waals surface area contributed by atoms with Crippen LogP contribution in [0.15, 0.2) is 0 Å². The largest absolute Gasteiger partial charge is 0.282 e. The van der Waals surface area contributed by atoms with Crippen molar-refractivity contribution in [1.82, 2.24) is 14.5 Å². The van der Waals surface area contributed by atoms with Crippen molar-refractivity contribution in [2.75, 3.05) is 12.3 Å². The summed E-state index contributed by atoms with van der Waals surface area (Å²) in [5, 5.41) is 6.65. The van der Waals surface area contributed by atoms with Gasteiger partial charge >= 0.3 is 0 Å². The van der Waals surface area contributed by atoms with Gasteiger partial charge in [-0.1, -0.05) is 13.8 Å². The SMILES string of the molecule is CC(C)CS(=O)(=O)N1CCc2[nH]n[c]c2C1. The summed E-state index contributed by atoms with van der Waals surface area (Å²) in [6.45, 7) is 4.77. The highest BCUT2D eigenvalue weighted by Crippen LogP contribution is 2.19. The van der Waals surface area contributed by atoms with Gasteiger partial charge in [-0.25, -0.2) is 8.42 Å². The summed E-state index contributed by atoms with van der Waals surface area (Å²) in [6.07, 6.45) is 3.50. The van der Waals surface area contributed by atoms with E-state index < -0.39 is 10.0 Å². The van der Waals surface area contributed by atoms with Gasteiger partial charge in [-0.3, -0.25) is 5.10 Å². The monoisotopic (exact) mass is 242 g/mol. The van der Waals surface area contributed by atoms with Crippen LogP contribution in [0.2, 0.25) is 0 Å². The van der Waals surface area contributed by atoms with Gasteiger partial charge in [0.15, 0.2) is 0 Å². The van der Waals surface area contributed by atoms with E-state index in [1.54, 1.807) is 0 Å². The van der Waals surface area contributed by atoms with E-state index in [9.17, 15) is 8.42 Å². The Morgan fingerprint density at radius 2 is 2.31 bits per heavy atom. The third-order valence-electron chi connectivity index (χ3n) is 2.63. The molecule has 0 bridgehead atoms. The van der Waals surface area contributed by atoms with Gasteiger partial charge in [0.25, 0.3) is 0 Å². The Morgan fingerprint density at radius 3 is 3.00 bits per heavy atom. The maximum atomic E-state index is 12.0. The average molecular weight is 242 g/mol. The average Bonchev–Trinajstić information content (AvgIpc) is 2.61. The third kappa shape index (κ3) is 2.27. The highest BCUT2D eigenvalue weighted by atomic mass is 32.2. The van der Waals surface area contributed by atoms with E-state index in [1.807, 2.05) is 13.8 Å². The molecule has 1 N–H and O–H groups in total. The maximum Gasteiger partial charge on any atom is 0.214 e. The highest BCUT2D eigenvalue weighted by molar-refractivity contribution is 7.89. The highest BCUT2D eigenvalue weighted by Gasteiger charge is 2.28. The van der Waals surface area contributed by atoms with Crippen LogP contribution in [0.3, 0.4) is 0 Å². The van der Waals surface area contributed by atoms with Crippen LogP contribution < -0.4 is 0 Å². The second-order valence-corrected chi connectivity index (χ2v) is 6.56. The van der Waals surface area contributed by atoms with Gasteiger partial charge in [-0.15, -0.1) is 0 Å². The number of H-pyrrole nitrogens is 1. The molecule has 0 aliphatic carbocycles. The van der Waals surface area contributed by atoms with E-state index in [-0.39, 0.29) is 11.7 Å². The zero-order valence-corrected chi connectivity index (χ0v) is 10.3. The Labute approximate surface area is 95.9 Å². The Morgan fingerprint density at radius 1 is 1.56 bits per heavy atom. The molecule has 0 saturated heterocycles. The number of sulfonamides is 1. The van der Waals surface area contributed by atoms with Crippen molar-refractivity contribution in [3.8, 4) is 0 Å². The number of rotatable bonds is 3. The van der Waals surface area contributed by atoms with Crippen LogP contribution in [0.4, 0.5) is 0 Å². The van der Waals surface area contributed by atoms with E-state index in [1.165, 1.54) is 4.31 Å². The van der Waals surface area contributed by atoms with Crippen molar-refractivity contribution in [3.63, 3.8) is 0 Å². The van der Waals surface area contributed by atoms with Crippen molar-refractivity contribution in [3.05, 3.63) is 17.5 Å². The Bertz CT molecular complexity index is 464. The van der Waals surface area contributed by atoms with Gasteiger partial charge < -0.3 is 0 Å². The minimum absolute atomic E-state index is 0.153. The zero-order chi connectivity index (χ0) is 11.8. The second kappa shape index (κ2) is 4.18. The number of nitrogens with zero attached hydrogens (tertiary/aromatic N) is 2. The van der Waals surface area contributed by atoms with Crippen LogP contribution in [-0.4, -0.2) is 35.2 Å². The number of nitrogens with one attached hydrogen (secondary N) is 1. The molecule has 89 valence electrons. The first kappa shape index (κ1) is 11.6. The molecule has 1 radical (unpaired) electrons. The van der Waals surface area contributed by atoms with Crippen molar-refractivity contribution >= 4 is 10.0 Å². The minimum Gasteiger partial charge on any atom is -0.282 e. The lowest BCUT2D eigenvalue weighted by Crippen LogP contribution is -2.38. The Hall–Kier alpha value is -0.880. The molecule has 1 aromatic rings. The van der Waals surface area contributed by atoms with Gasteiger partial charge in [0.1, 0.15) is 6.20 Å². The van der Waals surface area contributed by atoms with Crippen LogP contribution in [0.5, 0.6) is 0 Å². The zero-order valence-electron chi connectivity index (χ0n) is 9.52. The molecule has 0 unspecified atom stereocenters. The summed E-state index contributed by atoms with van der Waals surface area (Å²) >= 11 is 0. The lowest BCUT2D eigenvalue weighted by atomic mass is 10.1. The Kier molecular flexibility index (Phi) is 3.03. The van der Waals surface area contributed by atoms with Crippen LogP contribution >= 0.6 is 0 Å². The quantitative estimate of drug-likeness (QED) is 0.842. The van der Waals surface area contributed by atoms with E-state index in [0.29, 0.717) is 19.5 Å². The number of aromatic nitrogens is 2. The lowest BCUT2D eigenvalue weighted by Gasteiger charge is -2.26. The molecule has 0 spiro atoms. The maximum absolute atomic E-state index is 12.0. The number of fused-ring (bicyclic) bond motifs is 1. The van der Waals surface area contributed by atoms with E-state index in [0.717, 1.165) is 11.3 Å². The molecule has 0 aromatic carbocycles. The van der Waals surface area contributed by atoms with Crippen LogP contribution in [0.1, 0.15) is 25.1 Å². The predicted octanol–water partition coefficient (Wildman–Crippen LogP) is 0.554. The van der Waals surface area contributed by atoms with Crippen molar-refractivity contribution in [2.45, 2.75) is 26.8 Å². The molecule has 0 amide bonds. The van der Waals surface area contributed by atoms with Gasteiger partial charge in [0.2, 0.25) is 10.0 Å². The molecule has 0 fully saturated rings. The molecule has 0 saturated carbocycles. The van der Waals surface area contributed by atoms with Crippen molar-refractivity contribution in [1.29, 1.82) is 0 Å². The van der Waals surface area contributed by atoms with E-state index >= 15 is 0 Å². The first-order valence-corrected chi connectivity index (χ1v) is 7.01. The van der Waals surface area contributed by atoms with Crippen molar-refractivity contribution in [2.24, 2.45) is 5.92 Å². The summed E-state index contributed by atoms with van der Waals surface area (Å²) in [5.74, 6) is 0.361. The molecule has 1 aromatic heterocycles. The first-order chi connectivity index (χ1) is 7.49. The van der Waals surface area contributed by atoms with Crippen molar-refractivity contribution < 1.29 is 8.42 Å². The van der Waals surface area contributed by atoms with Gasteiger partial charge in [-0.2, -0.15) is 9.40 Å². The normalized spacial score (nSPS) is 17.7. The summed E-state index contributed by atoms with van der Waals surface area (Å²) in [5.41, 5.74) is 1.88. The van der Waals surface area contributed by atoms with Gasteiger partial charge in [0.05, 0.1) is 5.75 Å². The number of hydrogen-bond donors (Lipinski definition) is 1. The van der Waals surface area contributed by atoms with Crippen LogP contribution in [0.25, 0.3) is 0 Å². The fourth-order valence-corrected chi connectivity index (χ4v) is 3.64. The molecule has 1 aliphatic rings. The first-order valence-electron chi connectivity index (χ1n) is 5.40. The summed E-state index contributed by atoms with van der Waals surface area (Å²) in [4.78, 5) is 0. The molecule has 2 heterocycles. The fraction of sp³-hybridized carbons (Fsp3) is 0.700. The second-order valence-electron chi connectivity index (χ2n) is 4.55. The minimum atomic E-state index is -3.13. The molecule has 5 nitrogen and oxygen atoms in total. The van der Waals surface area contributed by atoms with Gasteiger partial charge in [0, 0.05) is 30.8 Å². The number of aromatic amines is 1. The molecular weight excluding hydrogens is 226 g/mol. The van der Waals surface area contributed by atoms with E-state index in [4.69, 9.17) is 0 Å². The predicted molar refractivity (Wildman–Crippen MR) is 60.2 cm³/mol. The smallest absolute Gasteiger partial charge is 0.214 e.